The van der Waals surface area contributed by atoms with Crippen LogP contribution < -0.4 is 5.73 Å². The van der Waals surface area contributed by atoms with E-state index in [9.17, 15) is 0 Å². The highest BCUT2D eigenvalue weighted by molar-refractivity contribution is 5.63. The van der Waals surface area contributed by atoms with Crippen LogP contribution in [0.5, 0.6) is 0 Å². The van der Waals surface area contributed by atoms with Crippen LogP contribution in [-0.2, 0) is 13.5 Å². The van der Waals surface area contributed by atoms with Crippen LogP contribution in [0.25, 0.3) is 11.3 Å². The number of aryl methyl sites for hydroxylation is 2. The second-order valence-electron chi connectivity index (χ2n) is 4.43. The number of imidazole rings is 1. The lowest BCUT2D eigenvalue weighted by atomic mass is 10.1. The van der Waals surface area contributed by atoms with Crippen molar-refractivity contribution in [3.8, 4) is 11.3 Å². The van der Waals surface area contributed by atoms with E-state index in [4.69, 9.17) is 5.73 Å². The van der Waals surface area contributed by atoms with Crippen molar-refractivity contribution in [3.05, 3.63) is 41.3 Å². The Labute approximate surface area is 102 Å². The van der Waals surface area contributed by atoms with Gasteiger partial charge in [0.2, 0.25) is 0 Å². The third-order valence-electron chi connectivity index (χ3n) is 3.02. The van der Waals surface area contributed by atoms with Crippen LogP contribution in [0.15, 0.2) is 24.3 Å². The van der Waals surface area contributed by atoms with Crippen LogP contribution in [0.2, 0.25) is 0 Å². The molecule has 1 aromatic heterocycles. The predicted octanol–water partition coefficient (Wildman–Crippen LogP) is 2.21. The highest BCUT2D eigenvalue weighted by Crippen LogP contribution is 2.24. The van der Waals surface area contributed by atoms with Gasteiger partial charge in [0.1, 0.15) is 5.82 Å². The molecule has 0 aliphatic rings. The molecule has 0 amide bonds. The molecule has 0 aliphatic carbocycles. The third kappa shape index (κ3) is 2.24. The first kappa shape index (κ1) is 11.9. The van der Waals surface area contributed by atoms with Gasteiger partial charge in [-0.05, 0) is 26.5 Å². The van der Waals surface area contributed by atoms with Crippen molar-refractivity contribution in [1.82, 2.24) is 9.55 Å². The summed E-state index contributed by atoms with van der Waals surface area (Å²) in [6.45, 7) is 4.80. The Kier molecular flexibility index (Phi) is 3.29. The maximum atomic E-state index is 5.60. The van der Waals surface area contributed by atoms with Crippen molar-refractivity contribution in [1.29, 1.82) is 0 Å². The third-order valence-corrected chi connectivity index (χ3v) is 3.02. The zero-order valence-corrected chi connectivity index (χ0v) is 10.7. The Hall–Kier alpha value is -1.61. The molecule has 1 aromatic carbocycles. The van der Waals surface area contributed by atoms with Crippen LogP contribution in [0.1, 0.15) is 17.1 Å². The number of hydrogen-bond donors (Lipinski definition) is 1. The molecular formula is C14H19N3. The van der Waals surface area contributed by atoms with E-state index in [1.165, 1.54) is 16.8 Å². The van der Waals surface area contributed by atoms with E-state index in [2.05, 4.69) is 54.7 Å². The maximum Gasteiger partial charge on any atom is 0.110 e. The first-order chi connectivity index (χ1) is 8.13. The minimum atomic E-state index is 0.636. The lowest BCUT2D eigenvalue weighted by Crippen LogP contribution is -2.08. The molecule has 0 aliphatic heterocycles. The van der Waals surface area contributed by atoms with E-state index in [0.29, 0.717) is 6.54 Å². The largest absolute Gasteiger partial charge is 0.331 e. The molecule has 2 aromatic rings. The van der Waals surface area contributed by atoms with E-state index in [1.807, 2.05) is 0 Å². The summed E-state index contributed by atoms with van der Waals surface area (Å²) in [5, 5.41) is 0. The molecular weight excluding hydrogens is 210 g/mol. The monoisotopic (exact) mass is 229 g/mol. The topological polar surface area (TPSA) is 43.8 Å². The highest BCUT2D eigenvalue weighted by Gasteiger charge is 2.12. The van der Waals surface area contributed by atoms with Gasteiger partial charge in [-0.15, -0.1) is 0 Å². The van der Waals surface area contributed by atoms with Gasteiger partial charge in [0.05, 0.1) is 11.4 Å². The molecule has 3 nitrogen and oxygen atoms in total. The molecule has 0 atom stereocenters. The molecule has 0 spiro atoms. The quantitative estimate of drug-likeness (QED) is 0.877. The highest BCUT2D eigenvalue weighted by atomic mass is 15.1. The molecule has 2 rings (SSSR count). The molecule has 0 saturated carbocycles. The minimum Gasteiger partial charge on any atom is -0.331 e. The fraction of sp³-hybridized carbons (Fsp3) is 0.357. The molecule has 0 saturated heterocycles. The Balaban J connectivity index is 2.52. The van der Waals surface area contributed by atoms with Gasteiger partial charge in [-0.1, -0.05) is 23.8 Å². The fourth-order valence-corrected chi connectivity index (χ4v) is 2.24. The van der Waals surface area contributed by atoms with Gasteiger partial charge >= 0.3 is 0 Å². The number of hydrogen-bond acceptors (Lipinski definition) is 2. The molecule has 17 heavy (non-hydrogen) atoms. The zero-order chi connectivity index (χ0) is 12.4. The van der Waals surface area contributed by atoms with Crippen LogP contribution in [-0.4, -0.2) is 16.1 Å². The Morgan fingerprint density at radius 3 is 2.71 bits per heavy atom. The number of aromatic nitrogens is 2. The van der Waals surface area contributed by atoms with Crippen LogP contribution in [0.4, 0.5) is 0 Å². The van der Waals surface area contributed by atoms with Crippen molar-refractivity contribution < 1.29 is 0 Å². The SMILES string of the molecule is Cc1cccc(-c2c(C)nc(CCN)n2C)c1. The number of rotatable bonds is 3. The zero-order valence-electron chi connectivity index (χ0n) is 10.7. The fourth-order valence-electron chi connectivity index (χ4n) is 2.24. The van der Waals surface area contributed by atoms with Gasteiger partial charge < -0.3 is 10.3 Å². The lowest BCUT2D eigenvalue weighted by Gasteiger charge is -2.07. The normalized spacial score (nSPS) is 10.8. The summed E-state index contributed by atoms with van der Waals surface area (Å²) in [6, 6.07) is 8.51. The lowest BCUT2D eigenvalue weighted by molar-refractivity contribution is 0.782. The smallest absolute Gasteiger partial charge is 0.110 e. The summed E-state index contributed by atoms with van der Waals surface area (Å²) in [5.41, 5.74) is 10.4. The Morgan fingerprint density at radius 1 is 1.29 bits per heavy atom. The second-order valence-corrected chi connectivity index (χ2v) is 4.43. The molecule has 0 fully saturated rings. The molecule has 90 valence electrons. The molecule has 0 radical (unpaired) electrons. The Morgan fingerprint density at radius 2 is 2.06 bits per heavy atom. The molecule has 1 heterocycles. The molecule has 0 bridgehead atoms. The van der Waals surface area contributed by atoms with Gasteiger partial charge in [0, 0.05) is 19.0 Å². The number of nitrogens with zero attached hydrogens (tertiary/aromatic N) is 2. The average molecular weight is 229 g/mol. The van der Waals surface area contributed by atoms with Gasteiger partial charge in [0.15, 0.2) is 0 Å². The number of benzene rings is 1. The van der Waals surface area contributed by atoms with E-state index < -0.39 is 0 Å². The second kappa shape index (κ2) is 4.72. The minimum absolute atomic E-state index is 0.636. The van der Waals surface area contributed by atoms with Crippen LogP contribution in [0, 0.1) is 13.8 Å². The van der Waals surface area contributed by atoms with Crippen molar-refractivity contribution in [2.45, 2.75) is 20.3 Å². The van der Waals surface area contributed by atoms with Gasteiger partial charge in [-0.2, -0.15) is 0 Å². The van der Waals surface area contributed by atoms with Crippen LogP contribution in [0.3, 0.4) is 0 Å². The van der Waals surface area contributed by atoms with E-state index in [0.717, 1.165) is 17.9 Å². The van der Waals surface area contributed by atoms with Crippen molar-refractivity contribution >= 4 is 0 Å². The van der Waals surface area contributed by atoms with Gasteiger partial charge in [0.25, 0.3) is 0 Å². The summed E-state index contributed by atoms with van der Waals surface area (Å²) in [5.74, 6) is 1.06. The van der Waals surface area contributed by atoms with Crippen molar-refractivity contribution in [3.63, 3.8) is 0 Å². The molecule has 3 heteroatoms. The van der Waals surface area contributed by atoms with Gasteiger partial charge in [-0.25, -0.2) is 4.98 Å². The first-order valence-electron chi connectivity index (χ1n) is 5.92. The van der Waals surface area contributed by atoms with E-state index >= 15 is 0 Å². The summed E-state index contributed by atoms with van der Waals surface area (Å²) < 4.78 is 2.15. The van der Waals surface area contributed by atoms with E-state index in [-0.39, 0.29) is 0 Å². The van der Waals surface area contributed by atoms with Crippen molar-refractivity contribution in [2.75, 3.05) is 6.54 Å². The van der Waals surface area contributed by atoms with Crippen LogP contribution >= 0.6 is 0 Å². The standard InChI is InChI=1S/C14H19N3/c1-10-5-4-6-12(9-10)14-11(2)16-13(7-8-15)17(14)3/h4-6,9H,7-8,15H2,1-3H3. The summed E-state index contributed by atoms with van der Waals surface area (Å²) >= 11 is 0. The molecule has 2 N–H and O–H groups in total. The van der Waals surface area contributed by atoms with E-state index in [1.54, 1.807) is 0 Å². The summed E-state index contributed by atoms with van der Waals surface area (Å²) in [4.78, 5) is 4.59. The first-order valence-corrected chi connectivity index (χ1v) is 5.92. The predicted molar refractivity (Wildman–Crippen MR) is 70.9 cm³/mol. The Bertz CT molecular complexity index is 526. The number of nitrogens with two attached hydrogens (primary N) is 1. The molecule has 0 unspecified atom stereocenters. The summed E-state index contributed by atoms with van der Waals surface area (Å²) in [7, 11) is 2.06. The average Bonchev–Trinajstić information content (AvgIpc) is 2.55. The maximum absolute atomic E-state index is 5.60. The van der Waals surface area contributed by atoms with Gasteiger partial charge in [-0.3, -0.25) is 0 Å². The summed E-state index contributed by atoms with van der Waals surface area (Å²) in [6.07, 6.45) is 0.823. The van der Waals surface area contributed by atoms with Crippen molar-refractivity contribution in [2.24, 2.45) is 12.8 Å².